The number of methoxy groups -OCH3 is 2. The second-order valence-electron chi connectivity index (χ2n) is 4.65. The van der Waals surface area contributed by atoms with Gasteiger partial charge in [0.15, 0.2) is 11.5 Å². The van der Waals surface area contributed by atoms with Crippen molar-refractivity contribution in [1.82, 2.24) is 9.97 Å². The quantitative estimate of drug-likeness (QED) is 0.766. The maximum absolute atomic E-state index is 12.4. The lowest BCUT2D eigenvalue weighted by Crippen LogP contribution is -2.19. The zero-order valence-corrected chi connectivity index (χ0v) is 11.0. The van der Waals surface area contributed by atoms with E-state index in [4.69, 9.17) is 9.47 Å². The van der Waals surface area contributed by atoms with Gasteiger partial charge >= 0.3 is 0 Å². The van der Waals surface area contributed by atoms with Crippen LogP contribution in [-0.2, 0) is 0 Å². The van der Waals surface area contributed by atoms with Crippen LogP contribution in [0.15, 0.2) is 6.20 Å². The summed E-state index contributed by atoms with van der Waals surface area (Å²) in [5.41, 5.74) is 0.317. The summed E-state index contributed by atoms with van der Waals surface area (Å²) in [6.45, 7) is 2.11. The Hall–Kier alpha value is -1.65. The number of carbonyl (C=O) groups is 1. The zero-order valence-electron chi connectivity index (χ0n) is 11.0. The number of ketones is 1. The molecule has 5 heteroatoms. The third kappa shape index (κ3) is 2.30. The van der Waals surface area contributed by atoms with Gasteiger partial charge in [0.05, 0.1) is 20.4 Å². The fourth-order valence-electron chi connectivity index (χ4n) is 2.48. The highest BCUT2D eigenvalue weighted by Crippen LogP contribution is 2.34. The molecule has 1 heterocycles. The molecule has 0 bridgehead atoms. The van der Waals surface area contributed by atoms with Crippen LogP contribution in [-0.4, -0.2) is 30.0 Å². The van der Waals surface area contributed by atoms with Gasteiger partial charge in [0, 0.05) is 5.92 Å². The van der Waals surface area contributed by atoms with Crippen LogP contribution in [0, 0.1) is 11.8 Å². The van der Waals surface area contributed by atoms with Crippen LogP contribution >= 0.6 is 0 Å². The Bertz CT molecular complexity index is 448. The van der Waals surface area contributed by atoms with Crippen molar-refractivity contribution in [2.75, 3.05) is 14.2 Å². The van der Waals surface area contributed by atoms with Crippen LogP contribution in [0.4, 0.5) is 0 Å². The Kier molecular flexibility index (Phi) is 3.79. The van der Waals surface area contributed by atoms with E-state index >= 15 is 0 Å². The molecule has 1 aromatic heterocycles. The number of aromatic nitrogens is 2. The van der Waals surface area contributed by atoms with Crippen molar-refractivity contribution in [2.45, 2.75) is 26.2 Å². The molecule has 2 atom stereocenters. The Morgan fingerprint density at radius 1 is 1.33 bits per heavy atom. The van der Waals surface area contributed by atoms with Gasteiger partial charge in [0.1, 0.15) is 0 Å². The molecule has 1 aliphatic rings. The van der Waals surface area contributed by atoms with E-state index < -0.39 is 0 Å². The molecule has 1 fully saturated rings. The van der Waals surface area contributed by atoms with Gasteiger partial charge in [-0.3, -0.25) is 4.79 Å². The zero-order chi connectivity index (χ0) is 13.1. The predicted octanol–water partition coefficient (Wildman–Crippen LogP) is 2.11. The van der Waals surface area contributed by atoms with Gasteiger partial charge in [-0.2, -0.15) is 4.98 Å². The van der Waals surface area contributed by atoms with E-state index in [1.165, 1.54) is 20.4 Å². The van der Waals surface area contributed by atoms with Gasteiger partial charge in [0.25, 0.3) is 0 Å². The first kappa shape index (κ1) is 12.8. The molecule has 1 aliphatic carbocycles. The van der Waals surface area contributed by atoms with Gasteiger partial charge < -0.3 is 9.47 Å². The molecule has 18 heavy (non-hydrogen) atoms. The smallest absolute Gasteiger partial charge is 0.246 e. The number of nitrogens with zero attached hydrogens (tertiary/aromatic N) is 2. The van der Waals surface area contributed by atoms with Crippen molar-refractivity contribution >= 4 is 5.78 Å². The lowest BCUT2D eigenvalue weighted by Gasteiger charge is -2.14. The first-order chi connectivity index (χ1) is 8.67. The Morgan fingerprint density at radius 2 is 2.11 bits per heavy atom. The molecule has 0 aromatic carbocycles. The van der Waals surface area contributed by atoms with E-state index in [9.17, 15) is 4.79 Å². The third-order valence-corrected chi connectivity index (χ3v) is 3.55. The second-order valence-corrected chi connectivity index (χ2v) is 4.65. The maximum Gasteiger partial charge on any atom is 0.246 e. The lowest BCUT2D eigenvalue weighted by atomic mass is 9.92. The normalized spacial score (nSPS) is 22.8. The van der Waals surface area contributed by atoms with Crippen molar-refractivity contribution in [3.05, 3.63) is 11.9 Å². The first-order valence-electron chi connectivity index (χ1n) is 6.16. The van der Waals surface area contributed by atoms with E-state index in [1.54, 1.807) is 0 Å². The summed E-state index contributed by atoms with van der Waals surface area (Å²) in [7, 11) is 2.99. The minimum absolute atomic E-state index is 0.0343. The average Bonchev–Trinajstić information content (AvgIpc) is 2.83. The fourth-order valence-corrected chi connectivity index (χ4v) is 2.48. The highest BCUT2D eigenvalue weighted by molar-refractivity contribution is 5.98. The van der Waals surface area contributed by atoms with Gasteiger partial charge in [-0.25, -0.2) is 4.98 Å². The van der Waals surface area contributed by atoms with Gasteiger partial charge in [-0.15, -0.1) is 0 Å². The van der Waals surface area contributed by atoms with Crippen molar-refractivity contribution in [2.24, 2.45) is 11.8 Å². The SMILES string of the molecule is COc1cnc(C(=O)C2CCCC2C)c(OC)n1. The number of hydrogen-bond acceptors (Lipinski definition) is 5. The third-order valence-electron chi connectivity index (χ3n) is 3.55. The first-order valence-corrected chi connectivity index (χ1v) is 6.16. The van der Waals surface area contributed by atoms with E-state index in [-0.39, 0.29) is 17.6 Å². The number of carbonyl (C=O) groups excluding carboxylic acids is 1. The van der Waals surface area contributed by atoms with Crippen molar-refractivity contribution < 1.29 is 14.3 Å². The van der Waals surface area contributed by atoms with E-state index in [1.807, 2.05) is 0 Å². The second kappa shape index (κ2) is 5.33. The molecule has 0 radical (unpaired) electrons. The Labute approximate surface area is 107 Å². The van der Waals surface area contributed by atoms with Crippen LogP contribution < -0.4 is 9.47 Å². The molecular formula is C13H18N2O3. The largest absolute Gasteiger partial charge is 0.480 e. The summed E-state index contributed by atoms with van der Waals surface area (Å²) in [5, 5.41) is 0. The highest BCUT2D eigenvalue weighted by atomic mass is 16.5. The Balaban J connectivity index is 2.29. The highest BCUT2D eigenvalue weighted by Gasteiger charge is 2.33. The van der Waals surface area contributed by atoms with Crippen LogP contribution in [0.1, 0.15) is 36.7 Å². The summed E-state index contributed by atoms with van der Waals surface area (Å²) in [6.07, 6.45) is 4.58. The summed E-state index contributed by atoms with van der Waals surface area (Å²) in [4.78, 5) is 20.7. The maximum atomic E-state index is 12.4. The standard InChI is InChI=1S/C13H18N2O3/c1-8-5-4-6-9(8)12(16)11-13(18-3)15-10(17-2)7-14-11/h7-9H,4-6H2,1-3H3. The van der Waals surface area contributed by atoms with Gasteiger partial charge in [0.2, 0.25) is 11.8 Å². The van der Waals surface area contributed by atoms with Crippen molar-refractivity contribution in [3.8, 4) is 11.8 Å². The minimum Gasteiger partial charge on any atom is -0.480 e. The van der Waals surface area contributed by atoms with E-state index in [0.29, 0.717) is 17.5 Å². The Morgan fingerprint density at radius 3 is 2.67 bits per heavy atom. The topological polar surface area (TPSA) is 61.3 Å². The monoisotopic (exact) mass is 250 g/mol. The number of Topliss-reactive ketones (excluding diaryl/α,β-unsaturated/α-hetero) is 1. The van der Waals surface area contributed by atoms with E-state index in [0.717, 1.165) is 19.3 Å². The molecule has 0 N–H and O–H groups in total. The summed E-state index contributed by atoms with van der Waals surface area (Å²) in [5.74, 6) is 1.08. The average molecular weight is 250 g/mol. The molecule has 0 saturated heterocycles. The fraction of sp³-hybridized carbons (Fsp3) is 0.615. The summed E-state index contributed by atoms with van der Waals surface area (Å²) < 4.78 is 10.1. The molecular weight excluding hydrogens is 232 g/mol. The summed E-state index contributed by atoms with van der Waals surface area (Å²) in [6, 6.07) is 0. The van der Waals surface area contributed by atoms with Crippen LogP contribution in [0.3, 0.4) is 0 Å². The molecule has 2 rings (SSSR count). The molecule has 98 valence electrons. The lowest BCUT2D eigenvalue weighted by molar-refractivity contribution is 0.0887. The van der Waals surface area contributed by atoms with Gasteiger partial charge in [-0.1, -0.05) is 13.3 Å². The molecule has 1 aromatic rings. The summed E-state index contributed by atoms with van der Waals surface area (Å²) >= 11 is 0. The van der Waals surface area contributed by atoms with Crippen LogP contribution in [0.5, 0.6) is 11.8 Å². The molecule has 5 nitrogen and oxygen atoms in total. The van der Waals surface area contributed by atoms with Crippen molar-refractivity contribution in [3.63, 3.8) is 0 Å². The van der Waals surface area contributed by atoms with Gasteiger partial charge in [-0.05, 0) is 18.8 Å². The molecule has 0 spiro atoms. The molecule has 0 amide bonds. The minimum atomic E-state index is 0.0343. The number of ether oxygens (including phenoxy) is 2. The van der Waals surface area contributed by atoms with Crippen LogP contribution in [0.25, 0.3) is 0 Å². The van der Waals surface area contributed by atoms with Crippen molar-refractivity contribution in [1.29, 1.82) is 0 Å². The molecule has 0 aliphatic heterocycles. The number of rotatable bonds is 4. The van der Waals surface area contributed by atoms with Crippen LogP contribution in [0.2, 0.25) is 0 Å². The van der Waals surface area contributed by atoms with E-state index in [2.05, 4.69) is 16.9 Å². The molecule has 1 saturated carbocycles. The number of hydrogen-bond donors (Lipinski definition) is 0. The predicted molar refractivity (Wildman–Crippen MR) is 66.0 cm³/mol. The molecule has 2 unspecified atom stereocenters.